The average molecular weight is 444 g/mol. The Morgan fingerprint density at radius 1 is 1.23 bits per heavy atom. The normalized spacial score (nSPS) is 18.5. The molecule has 1 atom stereocenters. The van der Waals surface area contributed by atoms with Crippen LogP contribution in [0.25, 0.3) is 22.5 Å². The summed E-state index contributed by atoms with van der Waals surface area (Å²) in [6.45, 7) is 2.92. The van der Waals surface area contributed by atoms with E-state index in [1.165, 1.54) is 7.11 Å². The van der Waals surface area contributed by atoms with Gasteiger partial charge in [-0.1, -0.05) is 29.8 Å². The van der Waals surface area contributed by atoms with Gasteiger partial charge in [0.05, 0.1) is 24.3 Å². The molecular formula is C22H22ClN3O3S. The van der Waals surface area contributed by atoms with Crippen molar-refractivity contribution in [2.24, 2.45) is 0 Å². The van der Waals surface area contributed by atoms with E-state index in [4.69, 9.17) is 16.3 Å². The third kappa shape index (κ3) is 3.97. The molecule has 8 heteroatoms. The van der Waals surface area contributed by atoms with E-state index in [1.54, 1.807) is 23.9 Å². The van der Waals surface area contributed by atoms with E-state index in [9.17, 15) is 9.90 Å². The van der Waals surface area contributed by atoms with Crippen LogP contribution in [0.5, 0.6) is 0 Å². The maximum absolute atomic E-state index is 11.6. The lowest BCUT2D eigenvalue weighted by Gasteiger charge is -2.23. The molecule has 3 aromatic rings. The Bertz CT molecular complexity index is 1080. The molecule has 156 valence electrons. The predicted octanol–water partition coefficient (Wildman–Crippen LogP) is 4.09. The fourth-order valence-electron chi connectivity index (χ4n) is 3.56. The van der Waals surface area contributed by atoms with Gasteiger partial charge in [0.1, 0.15) is 5.82 Å². The van der Waals surface area contributed by atoms with Crippen LogP contribution in [0.15, 0.2) is 42.5 Å². The molecule has 0 radical (unpaired) electrons. The van der Waals surface area contributed by atoms with E-state index >= 15 is 0 Å². The molecular weight excluding hydrogens is 422 g/mol. The zero-order chi connectivity index (χ0) is 21.3. The molecule has 0 saturated heterocycles. The van der Waals surface area contributed by atoms with Crippen molar-refractivity contribution in [2.45, 2.75) is 24.6 Å². The van der Waals surface area contributed by atoms with E-state index in [-0.39, 0.29) is 17.3 Å². The molecule has 1 aromatic heterocycles. The van der Waals surface area contributed by atoms with Gasteiger partial charge in [0.2, 0.25) is 0 Å². The highest BCUT2D eigenvalue weighted by atomic mass is 35.5. The van der Waals surface area contributed by atoms with Crippen molar-refractivity contribution in [3.63, 3.8) is 0 Å². The number of methoxy groups -OCH3 is 1. The molecule has 0 aliphatic carbocycles. The molecule has 30 heavy (non-hydrogen) atoms. The van der Waals surface area contributed by atoms with Crippen LogP contribution in [0.2, 0.25) is 5.02 Å². The molecule has 1 aliphatic rings. The molecule has 1 N–H and O–H groups in total. The summed E-state index contributed by atoms with van der Waals surface area (Å²) in [7, 11) is 1.36. The lowest BCUT2D eigenvalue weighted by Crippen LogP contribution is -2.28. The van der Waals surface area contributed by atoms with Crippen LogP contribution in [0, 0.1) is 0 Å². The molecule has 0 amide bonds. The number of hydrogen-bond donors (Lipinski definition) is 1. The number of carbonyl (C=O) groups is 1. The first-order chi connectivity index (χ1) is 14.4. The van der Waals surface area contributed by atoms with Crippen molar-refractivity contribution in [1.29, 1.82) is 0 Å². The van der Waals surface area contributed by atoms with Crippen molar-refractivity contribution in [2.75, 3.05) is 19.5 Å². The minimum Gasteiger partial charge on any atom is -0.465 e. The minimum absolute atomic E-state index is 0.101. The second-order valence-electron chi connectivity index (χ2n) is 7.49. The average Bonchev–Trinajstić information content (AvgIpc) is 3.06. The molecule has 2 heterocycles. The van der Waals surface area contributed by atoms with Crippen LogP contribution in [0.1, 0.15) is 23.1 Å². The van der Waals surface area contributed by atoms with E-state index in [0.29, 0.717) is 17.0 Å². The third-order valence-electron chi connectivity index (χ3n) is 5.31. The third-order valence-corrected chi connectivity index (χ3v) is 6.98. The van der Waals surface area contributed by atoms with Gasteiger partial charge in [-0.3, -0.25) is 0 Å². The number of ether oxygens (including phenoxy) is 1. The van der Waals surface area contributed by atoms with Gasteiger partial charge < -0.3 is 14.4 Å². The first-order valence-corrected chi connectivity index (χ1v) is 11.0. The lowest BCUT2D eigenvalue weighted by molar-refractivity contribution is 0.0600. The number of thioether (sulfide) groups is 1. The Morgan fingerprint density at radius 2 is 1.97 bits per heavy atom. The number of halogens is 1. The van der Waals surface area contributed by atoms with Gasteiger partial charge in [0, 0.05) is 29.0 Å². The monoisotopic (exact) mass is 443 g/mol. The number of hydrogen-bond acceptors (Lipinski definition) is 6. The number of esters is 1. The molecule has 0 saturated carbocycles. The number of fused-ring (bicyclic) bond motifs is 1. The minimum atomic E-state index is -0.363. The Hall–Kier alpha value is -2.35. The van der Waals surface area contributed by atoms with Crippen molar-refractivity contribution < 1.29 is 14.6 Å². The maximum Gasteiger partial charge on any atom is 0.337 e. The molecule has 4 rings (SSSR count). The maximum atomic E-state index is 11.6. The fraction of sp³-hybridized carbons (Fsp3) is 0.318. The Balaban J connectivity index is 1.64. The van der Waals surface area contributed by atoms with Gasteiger partial charge in [0.25, 0.3) is 0 Å². The number of carbonyl (C=O) groups excluding carboxylic acids is 1. The summed E-state index contributed by atoms with van der Waals surface area (Å²) < 4.78 is 6.59. The number of nitrogens with zero attached hydrogens (tertiary/aromatic N) is 3. The summed E-state index contributed by atoms with van der Waals surface area (Å²) in [5, 5.41) is 19.1. The molecule has 0 bridgehead atoms. The van der Waals surface area contributed by atoms with E-state index < -0.39 is 0 Å². The van der Waals surface area contributed by atoms with Crippen LogP contribution >= 0.6 is 23.4 Å². The number of benzene rings is 2. The number of rotatable bonds is 4. The molecule has 0 spiro atoms. The Morgan fingerprint density at radius 3 is 2.63 bits per heavy atom. The standard InChI is InChI=1S/C22H22ClN3O3S/c1-22(13-27)12-19-24-25-20(26(19)9-10-30-22)17-8-7-16(11-18(17)23)14-3-5-15(6-4-14)21(28)29-2/h3-8,11,27H,9-10,12-13H2,1-2H3. The Kier molecular flexibility index (Phi) is 5.86. The Labute approximate surface area is 184 Å². The van der Waals surface area contributed by atoms with Crippen LogP contribution in [0.4, 0.5) is 0 Å². The van der Waals surface area contributed by atoms with Crippen molar-refractivity contribution in [3.05, 3.63) is 58.9 Å². The predicted molar refractivity (Wildman–Crippen MR) is 119 cm³/mol. The zero-order valence-electron chi connectivity index (χ0n) is 16.8. The van der Waals surface area contributed by atoms with Gasteiger partial charge in [0.15, 0.2) is 5.82 Å². The first-order valence-electron chi connectivity index (χ1n) is 9.60. The number of aromatic nitrogens is 3. The quantitative estimate of drug-likeness (QED) is 0.612. The van der Waals surface area contributed by atoms with Crippen LogP contribution in [-0.4, -0.2) is 50.1 Å². The highest BCUT2D eigenvalue weighted by Gasteiger charge is 2.31. The highest BCUT2D eigenvalue weighted by molar-refractivity contribution is 8.00. The fourth-order valence-corrected chi connectivity index (χ4v) is 4.92. The molecule has 0 fully saturated rings. The van der Waals surface area contributed by atoms with Gasteiger partial charge in [-0.05, 0) is 42.3 Å². The summed E-state index contributed by atoms with van der Waals surface area (Å²) in [5.41, 5.74) is 3.22. The summed E-state index contributed by atoms with van der Waals surface area (Å²) in [6.07, 6.45) is 0.656. The number of aliphatic hydroxyl groups is 1. The second kappa shape index (κ2) is 8.41. The van der Waals surface area contributed by atoms with E-state index in [0.717, 1.165) is 40.6 Å². The van der Waals surface area contributed by atoms with Crippen molar-refractivity contribution in [1.82, 2.24) is 14.8 Å². The van der Waals surface area contributed by atoms with E-state index in [2.05, 4.69) is 21.7 Å². The van der Waals surface area contributed by atoms with Crippen LogP contribution in [0.3, 0.4) is 0 Å². The SMILES string of the molecule is COC(=O)c1ccc(-c2ccc(-c3nnc4n3CCSC(C)(CO)C4)c(Cl)c2)cc1. The van der Waals surface area contributed by atoms with Gasteiger partial charge in [-0.15, -0.1) is 10.2 Å². The van der Waals surface area contributed by atoms with Crippen molar-refractivity contribution >= 4 is 29.3 Å². The second-order valence-corrected chi connectivity index (χ2v) is 9.58. The number of aliphatic hydroxyl groups excluding tert-OH is 1. The van der Waals surface area contributed by atoms with Gasteiger partial charge in [-0.25, -0.2) is 4.79 Å². The molecule has 2 aromatic carbocycles. The summed E-state index contributed by atoms with van der Waals surface area (Å²) in [6, 6.07) is 13.0. The van der Waals surface area contributed by atoms with Crippen LogP contribution in [-0.2, 0) is 17.7 Å². The molecule has 6 nitrogen and oxygen atoms in total. The first kappa shape index (κ1) is 20.9. The van der Waals surface area contributed by atoms with Crippen molar-refractivity contribution in [3.8, 4) is 22.5 Å². The summed E-state index contributed by atoms with van der Waals surface area (Å²) in [4.78, 5) is 11.6. The van der Waals surface area contributed by atoms with Crippen LogP contribution < -0.4 is 0 Å². The zero-order valence-corrected chi connectivity index (χ0v) is 18.3. The molecule has 1 unspecified atom stereocenters. The summed E-state index contributed by atoms with van der Waals surface area (Å²) >= 11 is 8.40. The smallest absolute Gasteiger partial charge is 0.337 e. The summed E-state index contributed by atoms with van der Waals surface area (Å²) in [5.74, 6) is 2.12. The highest BCUT2D eigenvalue weighted by Crippen LogP contribution is 2.36. The lowest BCUT2D eigenvalue weighted by atomic mass is 10.0. The largest absolute Gasteiger partial charge is 0.465 e. The molecule has 1 aliphatic heterocycles. The van der Waals surface area contributed by atoms with E-state index in [1.807, 2.05) is 30.3 Å². The topological polar surface area (TPSA) is 77.2 Å². The van der Waals surface area contributed by atoms with Gasteiger partial charge >= 0.3 is 5.97 Å². The van der Waals surface area contributed by atoms with Gasteiger partial charge in [-0.2, -0.15) is 11.8 Å².